The number of rotatable bonds is 8. The van der Waals surface area contributed by atoms with Crippen LogP contribution in [0.5, 0.6) is 0 Å². The van der Waals surface area contributed by atoms with E-state index in [-0.39, 0.29) is 0 Å². The molecule has 0 aromatic heterocycles. The van der Waals surface area contributed by atoms with Crippen molar-refractivity contribution in [3.63, 3.8) is 0 Å². The van der Waals surface area contributed by atoms with E-state index in [2.05, 4.69) is 16.7 Å². The van der Waals surface area contributed by atoms with E-state index in [9.17, 15) is 0 Å². The molecule has 0 unspecified atom stereocenters. The molecular weight excluding hydrogens is 246 g/mol. The molecular formula is C17H33N3. The van der Waals surface area contributed by atoms with Gasteiger partial charge < -0.3 is 10.6 Å². The Morgan fingerprint density at radius 3 is 2.00 bits per heavy atom. The van der Waals surface area contributed by atoms with Crippen molar-refractivity contribution in [1.29, 1.82) is 0 Å². The molecule has 0 spiro atoms. The molecule has 2 aliphatic carbocycles. The molecule has 0 atom stereocenters. The summed E-state index contributed by atoms with van der Waals surface area (Å²) >= 11 is 0. The first-order chi connectivity index (χ1) is 9.75. The summed E-state index contributed by atoms with van der Waals surface area (Å²) in [5.74, 6) is 1.98. The van der Waals surface area contributed by atoms with Gasteiger partial charge in [-0.05, 0) is 76.4 Å². The first-order valence-corrected chi connectivity index (χ1v) is 8.93. The third-order valence-electron chi connectivity index (χ3n) is 5.73. The van der Waals surface area contributed by atoms with Gasteiger partial charge in [0.05, 0.1) is 0 Å². The highest BCUT2D eigenvalue weighted by Gasteiger charge is 2.42. The van der Waals surface area contributed by atoms with E-state index in [1.165, 1.54) is 77.7 Å². The van der Waals surface area contributed by atoms with Crippen LogP contribution in [-0.2, 0) is 0 Å². The van der Waals surface area contributed by atoms with Crippen molar-refractivity contribution < 1.29 is 0 Å². The number of nitrogens with zero attached hydrogens (tertiary/aromatic N) is 2. The Balaban J connectivity index is 1.61. The summed E-state index contributed by atoms with van der Waals surface area (Å²) in [5.41, 5.74) is 6.62. The molecule has 2 saturated carbocycles. The molecule has 3 fully saturated rings. The van der Waals surface area contributed by atoms with Crippen LogP contribution in [0.25, 0.3) is 0 Å². The Bertz CT molecular complexity index is 287. The van der Waals surface area contributed by atoms with Crippen LogP contribution in [0.15, 0.2) is 0 Å². The maximum absolute atomic E-state index is 6.29. The number of nitrogens with two attached hydrogens (primary N) is 1. The minimum atomic E-state index is 0.329. The van der Waals surface area contributed by atoms with Gasteiger partial charge in [0.25, 0.3) is 0 Å². The molecule has 1 aliphatic heterocycles. The Morgan fingerprint density at radius 1 is 1.05 bits per heavy atom. The minimum absolute atomic E-state index is 0.329. The first kappa shape index (κ1) is 14.8. The van der Waals surface area contributed by atoms with Gasteiger partial charge in [-0.2, -0.15) is 0 Å². The average Bonchev–Trinajstić information content (AvgIpc) is 3.35. The van der Waals surface area contributed by atoms with Gasteiger partial charge in [-0.3, -0.25) is 4.90 Å². The molecule has 2 N–H and O–H groups in total. The highest BCUT2D eigenvalue weighted by molar-refractivity contribution is 4.99. The summed E-state index contributed by atoms with van der Waals surface area (Å²) < 4.78 is 0. The SMILES string of the molecule is CCCN1CCC(CN)(N(CC2CC2)CC2CC2)CC1. The zero-order valence-corrected chi connectivity index (χ0v) is 13.3. The van der Waals surface area contributed by atoms with Gasteiger partial charge in [-0.1, -0.05) is 6.92 Å². The number of likely N-dealkylation sites (tertiary alicyclic amines) is 1. The van der Waals surface area contributed by atoms with E-state index < -0.39 is 0 Å². The Kier molecular flexibility index (Phi) is 4.68. The molecule has 0 aromatic carbocycles. The maximum Gasteiger partial charge on any atom is 0.0356 e. The molecule has 3 nitrogen and oxygen atoms in total. The zero-order chi connectivity index (χ0) is 14.0. The van der Waals surface area contributed by atoms with Crippen molar-refractivity contribution in [2.75, 3.05) is 39.3 Å². The van der Waals surface area contributed by atoms with Gasteiger partial charge in [0.1, 0.15) is 0 Å². The summed E-state index contributed by atoms with van der Waals surface area (Å²) in [7, 11) is 0. The highest BCUT2D eigenvalue weighted by Crippen LogP contribution is 2.39. The molecule has 0 aromatic rings. The lowest BCUT2D eigenvalue weighted by Gasteiger charge is -2.49. The van der Waals surface area contributed by atoms with E-state index >= 15 is 0 Å². The molecule has 1 saturated heterocycles. The van der Waals surface area contributed by atoms with Crippen LogP contribution in [0.2, 0.25) is 0 Å². The highest BCUT2D eigenvalue weighted by atomic mass is 15.3. The Labute approximate surface area is 124 Å². The Hall–Kier alpha value is -0.120. The monoisotopic (exact) mass is 279 g/mol. The molecule has 116 valence electrons. The van der Waals surface area contributed by atoms with Crippen LogP contribution >= 0.6 is 0 Å². The van der Waals surface area contributed by atoms with E-state index in [0.29, 0.717) is 5.54 Å². The van der Waals surface area contributed by atoms with Crippen LogP contribution in [0, 0.1) is 11.8 Å². The van der Waals surface area contributed by atoms with Crippen molar-refractivity contribution in [3.8, 4) is 0 Å². The van der Waals surface area contributed by atoms with E-state index in [0.717, 1.165) is 18.4 Å². The largest absolute Gasteiger partial charge is 0.329 e. The van der Waals surface area contributed by atoms with Crippen molar-refractivity contribution in [2.45, 2.75) is 57.4 Å². The second kappa shape index (κ2) is 6.33. The van der Waals surface area contributed by atoms with Crippen LogP contribution in [0.1, 0.15) is 51.9 Å². The second-order valence-corrected chi connectivity index (χ2v) is 7.56. The fourth-order valence-electron chi connectivity index (χ4n) is 3.84. The predicted molar refractivity (Wildman–Crippen MR) is 84.8 cm³/mol. The summed E-state index contributed by atoms with van der Waals surface area (Å²) in [6, 6.07) is 0. The zero-order valence-electron chi connectivity index (χ0n) is 13.3. The van der Waals surface area contributed by atoms with Crippen LogP contribution < -0.4 is 5.73 Å². The molecule has 0 amide bonds. The second-order valence-electron chi connectivity index (χ2n) is 7.56. The molecule has 20 heavy (non-hydrogen) atoms. The molecule has 0 bridgehead atoms. The van der Waals surface area contributed by atoms with Crippen LogP contribution in [0.4, 0.5) is 0 Å². The van der Waals surface area contributed by atoms with Gasteiger partial charge in [-0.15, -0.1) is 0 Å². The van der Waals surface area contributed by atoms with Crippen molar-refractivity contribution in [2.24, 2.45) is 17.6 Å². The third-order valence-corrected chi connectivity index (χ3v) is 5.73. The topological polar surface area (TPSA) is 32.5 Å². The van der Waals surface area contributed by atoms with Crippen molar-refractivity contribution in [3.05, 3.63) is 0 Å². The first-order valence-electron chi connectivity index (χ1n) is 8.93. The maximum atomic E-state index is 6.29. The van der Waals surface area contributed by atoms with E-state index in [1.54, 1.807) is 0 Å². The predicted octanol–water partition coefficient (Wildman–Crippen LogP) is 2.31. The molecule has 1 heterocycles. The summed E-state index contributed by atoms with van der Waals surface area (Å²) in [5, 5.41) is 0. The van der Waals surface area contributed by atoms with Crippen molar-refractivity contribution in [1.82, 2.24) is 9.80 Å². The standard InChI is InChI=1S/C17H33N3/c1-2-9-19-10-7-17(14-18,8-11-19)20(12-15-3-4-15)13-16-5-6-16/h15-16H,2-14,18H2,1H3. The lowest BCUT2D eigenvalue weighted by atomic mass is 9.85. The van der Waals surface area contributed by atoms with Crippen molar-refractivity contribution >= 4 is 0 Å². The lowest BCUT2D eigenvalue weighted by molar-refractivity contribution is 0.0200. The number of piperidine rings is 1. The minimum Gasteiger partial charge on any atom is -0.329 e. The van der Waals surface area contributed by atoms with E-state index in [1.807, 2.05) is 0 Å². The molecule has 3 rings (SSSR count). The van der Waals surface area contributed by atoms with Gasteiger partial charge in [-0.25, -0.2) is 0 Å². The molecule has 0 radical (unpaired) electrons. The number of hydrogen-bond donors (Lipinski definition) is 1. The average molecular weight is 279 g/mol. The quantitative estimate of drug-likeness (QED) is 0.740. The normalized spacial score (nSPS) is 27.1. The fourth-order valence-corrected chi connectivity index (χ4v) is 3.84. The van der Waals surface area contributed by atoms with Gasteiger partial charge in [0.15, 0.2) is 0 Å². The van der Waals surface area contributed by atoms with Gasteiger partial charge in [0.2, 0.25) is 0 Å². The number of hydrogen-bond acceptors (Lipinski definition) is 3. The molecule has 3 heteroatoms. The van der Waals surface area contributed by atoms with Gasteiger partial charge >= 0.3 is 0 Å². The summed E-state index contributed by atoms with van der Waals surface area (Å²) in [4.78, 5) is 5.48. The van der Waals surface area contributed by atoms with Crippen LogP contribution in [0.3, 0.4) is 0 Å². The Morgan fingerprint density at radius 2 is 1.60 bits per heavy atom. The third kappa shape index (κ3) is 3.55. The fraction of sp³-hybridized carbons (Fsp3) is 1.00. The van der Waals surface area contributed by atoms with E-state index in [4.69, 9.17) is 5.73 Å². The van der Waals surface area contributed by atoms with Gasteiger partial charge in [0, 0.05) is 25.2 Å². The molecule has 3 aliphatic rings. The summed E-state index contributed by atoms with van der Waals surface area (Å²) in [6.45, 7) is 9.62. The van der Waals surface area contributed by atoms with Crippen LogP contribution in [-0.4, -0.2) is 54.6 Å². The summed E-state index contributed by atoms with van der Waals surface area (Å²) in [6.07, 6.45) is 9.72. The lowest BCUT2D eigenvalue weighted by Crippen LogP contribution is -2.60. The smallest absolute Gasteiger partial charge is 0.0356 e.